The summed E-state index contributed by atoms with van der Waals surface area (Å²) in [5.41, 5.74) is -2.62. The standard InChI is InChI=1S/C27H31F3N4O8/c1-9(2)32-8-15(35)33-14-7-12(27(28,29)30)11-5-10-6-13-19(34(3)4)22(38)18(25(31)41)24(40)26(13,42)23(39)16(10)21(37)17(11)20(14)36/h7,9-10,13,19,32,36-37,40,42H,5-6,8H2,1-4H3,(H2,31,41)(H,33,35)/t10-,13-,19-,26-/m0/s1. The number of Topliss-reactive ketones (excluding diaryl/α,β-unsaturated/α-hetero) is 2. The van der Waals surface area contributed by atoms with Gasteiger partial charge in [-0.1, -0.05) is 13.8 Å². The predicted octanol–water partition coefficient (Wildman–Crippen LogP) is 0.919. The van der Waals surface area contributed by atoms with Crippen molar-refractivity contribution in [1.82, 2.24) is 10.2 Å². The third-order valence-electron chi connectivity index (χ3n) is 7.97. The number of nitrogens with one attached hydrogen (secondary N) is 2. The Hall–Kier alpha value is -3.95. The minimum absolute atomic E-state index is 0.140. The van der Waals surface area contributed by atoms with E-state index in [9.17, 15) is 52.8 Å². The fourth-order valence-corrected chi connectivity index (χ4v) is 6.15. The number of aliphatic hydroxyl groups excluding tert-OH is 2. The first kappa shape index (κ1) is 31.0. The summed E-state index contributed by atoms with van der Waals surface area (Å²) in [5, 5.41) is 49.6. The summed E-state index contributed by atoms with van der Waals surface area (Å²) in [4.78, 5) is 52.7. The van der Waals surface area contributed by atoms with Crippen molar-refractivity contribution in [2.75, 3.05) is 26.0 Å². The second-order valence-electron chi connectivity index (χ2n) is 11.2. The van der Waals surface area contributed by atoms with E-state index < -0.39 is 110 Å². The number of primary amides is 1. The number of rotatable bonds is 6. The van der Waals surface area contributed by atoms with E-state index in [1.165, 1.54) is 19.0 Å². The third-order valence-corrected chi connectivity index (χ3v) is 7.97. The number of carbonyl (C=O) groups is 4. The van der Waals surface area contributed by atoms with E-state index in [0.29, 0.717) is 6.07 Å². The molecule has 0 radical (unpaired) electrons. The number of nitrogens with two attached hydrogens (primary N) is 1. The highest BCUT2D eigenvalue weighted by Gasteiger charge is 2.64. The van der Waals surface area contributed by atoms with Gasteiger partial charge in [-0.15, -0.1) is 0 Å². The van der Waals surface area contributed by atoms with Crippen LogP contribution >= 0.6 is 0 Å². The quantitative estimate of drug-likeness (QED) is 0.183. The molecule has 0 bridgehead atoms. The van der Waals surface area contributed by atoms with E-state index >= 15 is 0 Å². The Morgan fingerprint density at radius 3 is 2.33 bits per heavy atom. The monoisotopic (exact) mass is 596 g/mol. The molecule has 8 N–H and O–H groups in total. The number of halogens is 3. The van der Waals surface area contributed by atoms with Crippen LogP contribution in [0.4, 0.5) is 18.9 Å². The number of nitrogens with zero attached hydrogens (tertiary/aromatic N) is 1. The van der Waals surface area contributed by atoms with Gasteiger partial charge in [0, 0.05) is 17.5 Å². The molecule has 4 atom stereocenters. The number of fused-ring (bicyclic) bond motifs is 3. The fraction of sp³-hybridized carbons (Fsp3) is 0.481. The number of phenols is 1. The molecule has 3 aliphatic carbocycles. The Balaban J connectivity index is 1.94. The maximum atomic E-state index is 14.3. The van der Waals surface area contributed by atoms with Gasteiger partial charge in [-0.25, -0.2) is 0 Å². The van der Waals surface area contributed by atoms with Crippen LogP contribution in [0.3, 0.4) is 0 Å². The molecule has 42 heavy (non-hydrogen) atoms. The van der Waals surface area contributed by atoms with Crippen molar-refractivity contribution in [3.05, 3.63) is 39.7 Å². The van der Waals surface area contributed by atoms with Gasteiger partial charge in [0.15, 0.2) is 11.4 Å². The van der Waals surface area contributed by atoms with Gasteiger partial charge < -0.3 is 36.8 Å². The highest BCUT2D eigenvalue weighted by atomic mass is 19.4. The maximum Gasteiger partial charge on any atom is 0.416 e. The van der Waals surface area contributed by atoms with Crippen molar-refractivity contribution in [3.63, 3.8) is 0 Å². The molecule has 0 unspecified atom stereocenters. The van der Waals surface area contributed by atoms with Gasteiger partial charge in [0.05, 0.1) is 29.4 Å². The van der Waals surface area contributed by atoms with Crippen molar-refractivity contribution in [1.29, 1.82) is 0 Å². The topological polar surface area (TPSA) is 203 Å². The van der Waals surface area contributed by atoms with Gasteiger partial charge in [-0.3, -0.25) is 24.1 Å². The molecule has 0 heterocycles. The number of aromatic hydroxyl groups is 1. The van der Waals surface area contributed by atoms with E-state index in [-0.39, 0.29) is 19.0 Å². The fourth-order valence-electron chi connectivity index (χ4n) is 6.15. The van der Waals surface area contributed by atoms with Crippen LogP contribution in [0.1, 0.15) is 37.0 Å². The summed E-state index contributed by atoms with van der Waals surface area (Å²) in [6.45, 7) is 3.15. The molecule has 0 spiro atoms. The van der Waals surface area contributed by atoms with Crippen molar-refractivity contribution < 1.29 is 52.8 Å². The molecule has 0 saturated heterocycles. The number of carbonyl (C=O) groups excluding carboxylic acids is 4. The van der Waals surface area contributed by atoms with Crippen molar-refractivity contribution in [2.45, 2.75) is 50.6 Å². The normalized spacial score (nSPS) is 25.9. The predicted molar refractivity (Wildman–Crippen MR) is 141 cm³/mol. The zero-order valence-electron chi connectivity index (χ0n) is 23.1. The van der Waals surface area contributed by atoms with Crippen molar-refractivity contribution >= 4 is 34.8 Å². The number of anilines is 1. The highest BCUT2D eigenvalue weighted by Crippen LogP contribution is 2.55. The summed E-state index contributed by atoms with van der Waals surface area (Å²) in [5.74, 6) is -10.6. The number of hydrogen-bond acceptors (Lipinski definition) is 10. The van der Waals surface area contributed by atoms with E-state index in [1.807, 2.05) is 0 Å². The van der Waals surface area contributed by atoms with Crippen LogP contribution in [0, 0.1) is 11.8 Å². The molecular weight excluding hydrogens is 565 g/mol. The molecule has 15 heteroatoms. The van der Waals surface area contributed by atoms with Gasteiger partial charge in [-0.05, 0) is 44.5 Å². The second-order valence-corrected chi connectivity index (χ2v) is 11.2. The first-order chi connectivity index (χ1) is 19.3. The maximum absolute atomic E-state index is 14.3. The average Bonchev–Trinajstić information content (AvgIpc) is 2.85. The molecule has 1 saturated carbocycles. The van der Waals surface area contributed by atoms with Gasteiger partial charge in [0.1, 0.15) is 22.8 Å². The Kier molecular flexibility index (Phi) is 7.67. The summed E-state index contributed by atoms with van der Waals surface area (Å²) in [6.07, 6.45) is -5.95. The van der Waals surface area contributed by atoms with E-state index in [1.54, 1.807) is 13.8 Å². The molecule has 0 aromatic heterocycles. The number of amides is 2. The molecule has 2 amide bonds. The van der Waals surface area contributed by atoms with Crippen LogP contribution in [-0.4, -0.2) is 87.0 Å². The van der Waals surface area contributed by atoms with Gasteiger partial charge >= 0.3 is 6.18 Å². The first-order valence-electron chi connectivity index (χ1n) is 13.0. The summed E-state index contributed by atoms with van der Waals surface area (Å²) in [6, 6.07) is -0.991. The number of likely N-dealkylation sites (N-methyl/N-ethyl adjacent to an activating group) is 1. The lowest BCUT2D eigenvalue weighted by Crippen LogP contribution is -2.65. The molecule has 0 aliphatic heterocycles. The molecule has 228 valence electrons. The molecule has 12 nitrogen and oxygen atoms in total. The summed E-state index contributed by atoms with van der Waals surface area (Å²) < 4.78 is 42.8. The van der Waals surface area contributed by atoms with Crippen LogP contribution in [0.5, 0.6) is 5.75 Å². The van der Waals surface area contributed by atoms with Crippen LogP contribution in [0.25, 0.3) is 5.76 Å². The number of aliphatic hydroxyl groups is 3. The van der Waals surface area contributed by atoms with Crippen molar-refractivity contribution in [2.24, 2.45) is 17.6 Å². The number of alkyl halides is 3. The van der Waals surface area contributed by atoms with E-state index in [4.69, 9.17) is 5.73 Å². The number of hydrogen-bond donors (Lipinski definition) is 7. The van der Waals surface area contributed by atoms with Gasteiger partial charge in [-0.2, -0.15) is 13.2 Å². The highest BCUT2D eigenvalue weighted by molar-refractivity contribution is 6.24. The van der Waals surface area contributed by atoms with E-state index in [2.05, 4.69) is 10.6 Å². The number of benzene rings is 1. The van der Waals surface area contributed by atoms with Gasteiger partial charge in [0.25, 0.3) is 5.91 Å². The van der Waals surface area contributed by atoms with E-state index in [0.717, 1.165) is 0 Å². The first-order valence-corrected chi connectivity index (χ1v) is 13.0. The third kappa shape index (κ3) is 4.70. The molecule has 3 aliphatic rings. The Bertz CT molecular complexity index is 1470. The minimum Gasteiger partial charge on any atom is -0.508 e. The minimum atomic E-state index is -5.02. The Morgan fingerprint density at radius 1 is 1.19 bits per heavy atom. The smallest absolute Gasteiger partial charge is 0.416 e. The summed E-state index contributed by atoms with van der Waals surface area (Å²) >= 11 is 0. The molecular formula is C27H31F3N4O8. The summed E-state index contributed by atoms with van der Waals surface area (Å²) in [7, 11) is 2.81. The SMILES string of the molecule is CC(C)NCC(=O)Nc1cc(C(F)(F)F)c2c(c1O)C(O)=C1C(=O)[C@]3(O)C(O)=C(C(N)=O)C(=O)[C@@H](N(C)C)[C@@H]3C[C@@H]1C2. The molecule has 1 fully saturated rings. The zero-order chi connectivity index (χ0) is 31.6. The molecule has 1 aromatic rings. The van der Waals surface area contributed by atoms with Crippen LogP contribution in [-0.2, 0) is 31.8 Å². The lowest BCUT2D eigenvalue weighted by Gasteiger charge is -2.50. The number of ketones is 2. The Morgan fingerprint density at radius 2 is 1.81 bits per heavy atom. The molecule has 1 aromatic carbocycles. The molecule has 4 rings (SSSR count). The number of phenolic OH excluding ortho intramolecular Hbond substituents is 1. The van der Waals surface area contributed by atoms with Crippen LogP contribution < -0.4 is 16.4 Å². The van der Waals surface area contributed by atoms with Crippen LogP contribution in [0.15, 0.2) is 23.0 Å². The second kappa shape index (κ2) is 10.4. The zero-order valence-corrected chi connectivity index (χ0v) is 23.1. The lowest BCUT2D eigenvalue weighted by molar-refractivity contribution is -0.153. The largest absolute Gasteiger partial charge is 0.508 e. The van der Waals surface area contributed by atoms with Crippen molar-refractivity contribution in [3.8, 4) is 5.75 Å². The Labute approximate surface area is 237 Å². The average molecular weight is 597 g/mol. The van der Waals surface area contributed by atoms with Crippen LogP contribution in [0.2, 0.25) is 0 Å². The van der Waals surface area contributed by atoms with Gasteiger partial charge in [0.2, 0.25) is 11.7 Å². The lowest BCUT2D eigenvalue weighted by atomic mass is 9.57.